The lowest BCUT2D eigenvalue weighted by molar-refractivity contribution is 0.627. The van der Waals surface area contributed by atoms with Crippen LogP contribution in [0.1, 0.15) is 19.3 Å². The predicted molar refractivity (Wildman–Crippen MR) is 87.9 cm³/mol. The Balaban J connectivity index is 1.64. The van der Waals surface area contributed by atoms with E-state index in [0.29, 0.717) is 17.3 Å². The van der Waals surface area contributed by atoms with Gasteiger partial charge in [-0.15, -0.1) is 0 Å². The van der Waals surface area contributed by atoms with Crippen LogP contribution in [0, 0.1) is 5.92 Å². The number of fused-ring (bicyclic) bond motifs is 3. The van der Waals surface area contributed by atoms with Crippen molar-refractivity contribution in [2.45, 2.75) is 19.3 Å². The van der Waals surface area contributed by atoms with Gasteiger partial charge in [0.05, 0.1) is 0 Å². The molecule has 0 unspecified atom stereocenters. The average molecular weight is 292 g/mol. The summed E-state index contributed by atoms with van der Waals surface area (Å²) in [5.41, 5.74) is 5.26. The van der Waals surface area contributed by atoms with Crippen LogP contribution < -0.4 is 5.43 Å². The van der Waals surface area contributed by atoms with Crippen LogP contribution in [0.4, 0.5) is 5.82 Å². The molecule has 1 aromatic carbocycles. The lowest BCUT2D eigenvalue weighted by atomic mass is 9.96. The molecule has 1 N–H and O–H groups in total. The topological polar surface area (TPSA) is 63.3 Å². The Morgan fingerprint density at radius 2 is 2.18 bits per heavy atom. The first kappa shape index (κ1) is 13.0. The molecule has 110 valence electrons. The molecule has 22 heavy (non-hydrogen) atoms. The SMILES string of the molecule is C1=CC[C@H](/C=N\Nc2ncnc3c2oc2ccccc23)CC1. The fourth-order valence-corrected chi connectivity index (χ4v) is 2.76. The molecule has 5 nitrogen and oxygen atoms in total. The largest absolute Gasteiger partial charge is 0.450 e. The van der Waals surface area contributed by atoms with Crippen LogP contribution in [0.3, 0.4) is 0 Å². The molecular formula is C17H16N4O. The first-order valence-corrected chi connectivity index (χ1v) is 7.48. The van der Waals surface area contributed by atoms with Gasteiger partial charge in [0.1, 0.15) is 17.4 Å². The number of rotatable bonds is 3. The maximum atomic E-state index is 5.85. The third-order valence-corrected chi connectivity index (χ3v) is 3.92. The Labute approximate surface area is 127 Å². The molecule has 2 aromatic heterocycles. The number of nitrogens with zero attached hydrogens (tertiary/aromatic N) is 3. The summed E-state index contributed by atoms with van der Waals surface area (Å²) in [5.74, 6) is 1.09. The molecule has 5 heteroatoms. The minimum atomic E-state index is 0.491. The van der Waals surface area contributed by atoms with E-state index in [2.05, 4.69) is 32.6 Å². The maximum Gasteiger partial charge on any atom is 0.197 e. The molecule has 0 spiro atoms. The van der Waals surface area contributed by atoms with Gasteiger partial charge in [0, 0.05) is 11.6 Å². The van der Waals surface area contributed by atoms with Gasteiger partial charge in [-0.2, -0.15) is 5.10 Å². The first-order chi connectivity index (χ1) is 10.9. The molecular weight excluding hydrogens is 276 g/mol. The number of allylic oxidation sites excluding steroid dienone is 2. The van der Waals surface area contributed by atoms with Crippen LogP contribution in [0.2, 0.25) is 0 Å². The number of hydrogen-bond acceptors (Lipinski definition) is 5. The summed E-state index contributed by atoms with van der Waals surface area (Å²) in [6, 6.07) is 7.84. The number of hydrogen-bond donors (Lipinski definition) is 1. The zero-order valence-corrected chi connectivity index (χ0v) is 12.1. The minimum absolute atomic E-state index is 0.491. The van der Waals surface area contributed by atoms with Crippen LogP contribution in [-0.2, 0) is 0 Å². The van der Waals surface area contributed by atoms with Gasteiger partial charge in [-0.05, 0) is 37.3 Å². The summed E-state index contributed by atoms with van der Waals surface area (Å²) >= 11 is 0. The van der Waals surface area contributed by atoms with Crippen molar-refractivity contribution in [3.05, 3.63) is 42.7 Å². The summed E-state index contributed by atoms with van der Waals surface area (Å²) in [6.07, 6.45) is 11.2. The molecule has 0 amide bonds. The van der Waals surface area contributed by atoms with E-state index in [-0.39, 0.29) is 0 Å². The number of para-hydroxylation sites is 1. The Hall–Kier alpha value is -2.69. The summed E-state index contributed by atoms with van der Waals surface area (Å²) < 4.78 is 5.85. The normalized spacial score (nSPS) is 18.5. The van der Waals surface area contributed by atoms with Gasteiger partial charge in [0.2, 0.25) is 0 Å². The van der Waals surface area contributed by atoms with Gasteiger partial charge in [0.25, 0.3) is 0 Å². The third-order valence-electron chi connectivity index (χ3n) is 3.92. The van der Waals surface area contributed by atoms with Crippen molar-refractivity contribution in [3.63, 3.8) is 0 Å². The van der Waals surface area contributed by atoms with Crippen LogP contribution in [-0.4, -0.2) is 16.2 Å². The number of benzene rings is 1. The van der Waals surface area contributed by atoms with Crippen molar-refractivity contribution in [3.8, 4) is 0 Å². The molecule has 3 aromatic rings. The summed E-state index contributed by atoms with van der Waals surface area (Å²) in [5, 5.41) is 5.32. The first-order valence-electron chi connectivity index (χ1n) is 7.48. The van der Waals surface area contributed by atoms with Crippen molar-refractivity contribution in [2.24, 2.45) is 11.0 Å². The van der Waals surface area contributed by atoms with Crippen molar-refractivity contribution >= 4 is 34.1 Å². The van der Waals surface area contributed by atoms with E-state index < -0.39 is 0 Å². The third kappa shape index (κ3) is 2.35. The van der Waals surface area contributed by atoms with E-state index >= 15 is 0 Å². The number of hydrazone groups is 1. The van der Waals surface area contributed by atoms with Gasteiger partial charge in [-0.1, -0.05) is 24.3 Å². The van der Waals surface area contributed by atoms with Crippen LogP contribution >= 0.6 is 0 Å². The van der Waals surface area contributed by atoms with Crippen molar-refractivity contribution in [1.29, 1.82) is 0 Å². The Morgan fingerprint density at radius 1 is 1.23 bits per heavy atom. The molecule has 1 aliphatic rings. The molecule has 0 radical (unpaired) electrons. The monoisotopic (exact) mass is 292 g/mol. The molecule has 2 heterocycles. The lowest BCUT2D eigenvalue weighted by Crippen LogP contribution is -2.05. The molecule has 1 atom stereocenters. The van der Waals surface area contributed by atoms with E-state index in [4.69, 9.17) is 4.42 Å². The predicted octanol–water partition coefficient (Wildman–Crippen LogP) is 4.13. The van der Waals surface area contributed by atoms with Gasteiger partial charge in [-0.25, -0.2) is 9.97 Å². The average Bonchev–Trinajstić information content (AvgIpc) is 2.96. The highest BCUT2D eigenvalue weighted by Crippen LogP contribution is 2.30. The molecule has 1 aliphatic carbocycles. The molecule has 0 saturated heterocycles. The van der Waals surface area contributed by atoms with E-state index in [1.807, 2.05) is 30.5 Å². The Morgan fingerprint density at radius 3 is 3.09 bits per heavy atom. The van der Waals surface area contributed by atoms with Crippen LogP contribution in [0.15, 0.2) is 52.3 Å². The maximum absolute atomic E-state index is 5.85. The second kappa shape index (κ2) is 5.60. The lowest BCUT2D eigenvalue weighted by Gasteiger charge is -2.11. The Bertz CT molecular complexity index is 865. The van der Waals surface area contributed by atoms with Crippen molar-refractivity contribution < 1.29 is 4.42 Å². The standard InChI is InChI=1S/C17H16N4O/c1-2-6-12(7-3-1)10-20-21-17-16-15(18-11-19-17)13-8-4-5-9-14(13)22-16/h1-2,4-5,8-12H,3,6-7H2,(H,18,19,21)/b20-10-/t12-/m0/s1. The van der Waals surface area contributed by atoms with Crippen LogP contribution in [0.5, 0.6) is 0 Å². The van der Waals surface area contributed by atoms with E-state index in [1.54, 1.807) is 0 Å². The number of nitrogens with one attached hydrogen (secondary N) is 1. The quantitative estimate of drug-likeness (QED) is 0.448. The fourth-order valence-electron chi connectivity index (χ4n) is 2.76. The fraction of sp³-hybridized carbons (Fsp3) is 0.235. The summed E-state index contributed by atoms with van der Waals surface area (Å²) in [6.45, 7) is 0. The highest BCUT2D eigenvalue weighted by atomic mass is 16.3. The molecule has 0 aliphatic heterocycles. The van der Waals surface area contributed by atoms with Crippen molar-refractivity contribution in [1.82, 2.24) is 9.97 Å². The second-order valence-electron chi connectivity index (χ2n) is 5.43. The zero-order valence-electron chi connectivity index (χ0n) is 12.1. The van der Waals surface area contributed by atoms with Crippen molar-refractivity contribution in [2.75, 3.05) is 5.43 Å². The highest BCUT2D eigenvalue weighted by Gasteiger charge is 2.12. The minimum Gasteiger partial charge on any atom is -0.450 e. The molecule has 0 bridgehead atoms. The molecule has 0 fully saturated rings. The number of anilines is 1. The smallest absolute Gasteiger partial charge is 0.197 e. The number of furan rings is 1. The van der Waals surface area contributed by atoms with Gasteiger partial charge >= 0.3 is 0 Å². The van der Waals surface area contributed by atoms with Gasteiger partial charge in [0.15, 0.2) is 11.4 Å². The van der Waals surface area contributed by atoms with E-state index in [1.165, 1.54) is 6.33 Å². The second-order valence-corrected chi connectivity index (χ2v) is 5.43. The van der Waals surface area contributed by atoms with E-state index in [9.17, 15) is 0 Å². The van der Waals surface area contributed by atoms with Gasteiger partial charge in [-0.3, -0.25) is 5.43 Å². The Kier molecular flexibility index (Phi) is 3.31. The number of aromatic nitrogens is 2. The molecule has 4 rings (SSSR count). The molecule has 0 saturated carbocycles. The van der Waals surface area contributed by atoms with Gasteiger partial charge < -0.3 is 4.42 Å². The summed E-state index contributed by atoms with van der Waals surface area (Å²) in [7, 11) is 0. The summed E-state index contributed by atoms with van der Waals surface area (Å²) in [4.78, 5) is 8.56. The zero-order chi connectivity index (χ0) is 14.8. The highest BCUT2D eigenvalue weighted by molar-refractivity contribution is 6.05. The van der Waals surface area contributed by atoms with E-state index in [0.717, 1.165) is 35.7 Å². The van der Waals surface area contributed by atoms with Crippen LogP contribution in [0.25, 0.3) is 22.1 Å².